The van der Waals surface area contributed by atoms with E-state index in [2.05, 4.69) is 5.32 Å². The third-order valence-electron chi connectivity index (χ3n) is 5.11. The van der Waals surface area contributed by atoms with E-state index in [1.807, 2.05) is 6.92 Å². The van der Waals surface area contributed by atoms with Crippen molar-refractivity contribution < 1.29 is 22.4 Å². The lowest BCUT2D eigenvalue weighted by atomic mass is 10.1. The molecule has 1 atom stereocenters. The quantitative estimate of drug-likeness (QED) is 0.439. The van der Waals surface area contributed by atoms with Gasteiger partial charge in [-0.2, -0.15) is 0 Å². The fraction of sp³-hybridized carbons (Fsp3) is 0.391. The lowest BCUT2D eigenvalue weighted by molar-refractivity contribution is -0.139. The molecule has 0 aliphatic rings. The zero-order chi connectivity index (χ0) is 25.5. The minimum atomic E-state index is -3.93. The summed E-state index contributed by atoms with van der Waals surface area (Å²) < 4.78 is 40.3. The van der Waals surface area contributed by atoms with Crippen LogP contribution in [0.3, 0.4) is 0 Å². The molecule has 0 heterocycles. The van der Waals surface area contributed by atoms with E-state index in [9.17, 15) is 22.4 Å². The van der Waals surface area contributed by atoms with Gasteiger partial charge in [-0.1, -0.05) is 54.7 Å². The van der Waals surface area contributed by atoms with Gasteiger partial charge in [0, 0.05) is 28.7 Å². The summed E-state index contributed by atoms with van der Waals surface area (Å²) in [6.07, 6.45) is 2.58. The number of nitrogens with zero attached hydrogens (tertiary/aromatic N) is 2. The van der Waals surface area contributed by atoms with E-state index in [1.54, 1.807) is 6.07 Å². The van der Waals surface area contributed by atoms with Gasteiger partial charge in [0.2, 0.25) is 21.8 Å². The summed E-state index contributed by atoms with van der Waals surface area (Å²) in [5, 5.41) is 3.14. The molecule has 2 aromatic carbocycles. The summed E-state index contributed by atoms with van der Waals surface area (Å²) in [5.41, 5.74) is 0.292. The largest absolute Gasteiger partial charge is 0.354 e. The number of anilines is 1. The molecule has 0 saturated carbocycles. The van der Waals surface area contributed by atoms with E-state index < -0.39 is 40.2 Å². The van der Waals surface area contributed by atoms with Crippen LogP contribution in [0.15, 0.2) is 42.5 Å². The molecule has 0 bridgehead atoms. The number of hydrogen-bond donors (Lipinski definition) is 1. The minimum Gasteiger partial charge on any atom is -0.354 e. The van der Waals surface area contributed by atoms with E-state index in [4.69, 9.17) is 23.2 Å². The normalized spacial score (nSPS) is 12.2. The van der Waals surface area contributed by atoms with E-state index in [1.165, 1.54) is 43.3 Å². The third kappa shape index (κ3) is 7.85. The van der Waals surface area contributed by atoms with Gasteiger partial charge in [-0.25, -0.2) is 12.8 Å². The summed E-state index contributed by atoms with van der Waals surface area (Å²) in [4.78, 5) is 27.3. The van der Waals surface area contributed by atoms with Crippen LogP contribution in [0.5, 0.6) is 0 Å². The van der Waals surface area contributed by atoms with Crippen LogP contribution in [0, 0.1) is 5.82 Å². The number of carbonyl (C=O) groups is 2. The van der Waals surface area contributed by atoms with E-state index in [-0.39, 0.29) is 27.8 Å². The lowest BCUT2D eigenvalue weighted by Gasteiger charge is -2.31. The fourth-order valence-corrected chi connectivity index (χ4v) is 4.57. The van der Waals surface area contributed by atoms with Gasteiger partial charge in [-0.3, -0.25) is 13.9 Å². The molecular formula is C23H28Cl2FN3O4S. The highest BCUT2D eigenvalue weighted by atomic mass is 35.5. The maximum absolute atomic E-state index is 14.4. The number of rotatable bonds is 11. The van der Waals surface area contributed by atoms with Gasteiger partial charge in [-0.05, 0) is 37.6 Å². The Morgan fingerprint density at radius 3 is 2.29 bits per heavy atom. The Hall–Kier alpha value is -2.36. The van der Waals surface area contributed by atoms with Gasteiger partial charge >= 0.3 is 0 Å². The van der Waals surface area contributed by atoms with Crippen molar-refractivity contribution >= 4 is 50.7 Å². The summed E-state index contributed by atoms with van der Waals surface area (Å²) in [7, 11) is -3.93. The third-order valence-corrected chi connectivity index (χ3v) is 6.69. The topological polar surface area (TPSA) is 86.8 Å². The minimum absolute atomic E-state index is 0.0965. The van der Waals surface area contributed by atoms with E-state index >= 15 is 0 Å². The zero-order valence-electron chi connectivity index (χ0n) is 19.2. The number of carbonyl (C=O) groups excluding carboxylic acids is 2. The predicted octanol–water partition coefficient (Wildman–Crippen LogP) is 4.23. The Bertz CT molecular complexity index is 1110. The fourth-order valence-electron chi connectivity index (χ4n) is 3.23. The molecule has 0 radical (unpaired) electrons. The van der Waals surface area contributed by atoms with Gasteiger partial charge in [0.1, 0.15) is 18.4 Å². The van der Waals surface area contributed by atoms with Gasteiger partial charge < -0.3 is 10.2 Å². The second-order valence-electron chi connectivity index (χ2n) is 7.83. The molecule has 11 heteroatoms. The monoisotopic (exact) mass is 531 g/mol. The van der Waals surface area contributed by atoms with Crippen LogP contribution in [-0.4, -0.2) is 50.5 Å². The maximum atomic E-state index is 14.4. The number of benzene rings is 2. The molecule has 0 saturated heterocycles. The molecule has 2 amide bonds. The number of halogens is 3. The average Bonchev–Trinajstić information content (AvgIpc) is 2.74. The van der Waals surface area contributed by atoms with Crippen LogP contribution in [0.4, 0.5) is 10.1 Å². The molecule has 1 N–H and O–H groups in total. The van der Waals surface area contributed by atoms with Crippen LogP contribution in [0.1, 0.15) is 32.3 Å². The van der Waals surface area contributed by atoms with Crippen molar-refractivity contribution in [2.24, 2.45) is 0 Å². The van der Waals surface area contributed by atoms with Gasteiger partial charge in [-0.15, -0.1) is 0 Å². The second kappa shape index (κ2) is 12.4. The maximum Gasteiger partial charge on any atom is 0.244 e. The van der Waals surface area contributed by atoms with E-state index in [0.29, 0.717) is 6.54 Å². The molecule has 0 aromatic heterocycles. The predicted molar refractivity (Wildman–Crippen MR) is 133 cm³/mol. The molecule has 2 rings (SSSR count). The molecule has 7 nitrogen and oxygen atoms in total. The highest BCUT2D eigenvalue weighted by Crippen LogP contribution is 2.27. The lowest BCUT2D eigenvalue weighted by Crippen LogP contribution is -2.51. The SMILES string of the molecule is CCCCNC(=O)[C@H](C)N(Cc1ccccc1F)C(=O)CN(c1cc(Cl)cc(Cl)c1)S(C)(=O)=O. The molecule has 34 heavy (non-hydrogen) atoms. The summed E-state index contributed by atoms with van der Waals surface area (Å²) in [6.45, 7) is 3.07. The number of unbranched alkanes of at least 4 members (excludes halogenated alkanes) is 1. The first-order valence-corrected chi connectivity index (χ1v) is 13.3. The van der Waals surface area contributed by atoms with Crippen LogP contribution in [0.2, 0.25) is 10.0 Å². The standard InChI is InChI=1S/C23H28Cl2FN3O4S/c1-4-5-10-27-23(31)16(2)28(14-17-8-6-7-9-21(17)26)22(30)15-29(34(3,32)33)20-12-18(24)11-19(25)13-20/h6-9,11-13,16H,4-5,10,14-15H2,1-3H3,(H,27,31)/t16-/m0/s1. The zero-order valence-corrected chi connectivity index (χ0v) is 21.6. The van der Waals surface area contributed by atoms with Gasteiger partial charge in [0.05, 0.1) is 11.9 Å². The van der Waals surface area contributed by atoms with Gasteiger partial charge in [0.15, 0.2) is 0 Å². The van der Waals surface area contributed by atoms with Crippen molar-refractivity contribution in [3.63, 3.8) is 0 Å². The second-order valence-corrected chi connectivity index (χ2v) is 10.6. The average molecular weight is 532 g/mol. The molecule has 0 spiro atoms. The molecule has 0 fully saturated rings. The van der Waals surface area contributed by atoms with Crippen molar-refractivity contribution in [3.8, 4) is 0 Å². The number of sulfonamides is 1. The van der Waals surface area contributed by atoms with Crippen molar-refractivity contribution in [2.75, 3.05) is 23.7 Å². The van der Waals surface area contributed by atoms with Gasteiger partial charge in [0.25, 0.3) is 0 Å². The van der Waals surface area contributed by atoms with Crippen molar-refractivity contribution in [2.45, 2.75) is 39.3 Å². The molecule has 186 valence electrons. The summed E-state index contributed by atoms with van der Waals surface area (Å²) >= 11 is 12.0. The Morgan fingerprint density at radius 1 is 1.12 bits per heavy atom. The van der Waals surface area contributed by atoms with Crippen LogP contribution < -0.4 is 9.62 Å². The first-order chi connectivity index (χ1) is 15.9. The highest BCUT2D eigenvalue weighted by molar-refractivity contribution is 7.92. The number of hydrogen-bond acceptors (Lipinski definition) is 4. The Morgan fingerprint density at radius 2 is 1.74 bits per heavy atom. The van der Waals surface area contributed by atoms with Crippen molar-refractivity contribution in [1.82, 2.24) is 10.2 Å². The van der Waals surface area contributed by atoms with Crippen LogP contribution in [0.25, 0.3) is 0 Å². The Balaban J connectivity index is 2.39. The first-order valence-electron chi connectivity index (χ1n) is 10.7. The highest BCUT2D eigenvalue weighted by Gasteiger charge is 2.30. The smallest absolute Gasteiger partial charge is 0.244 e. The molecule has 0 unspecified atom stereocenters. The summed E-state index contributed by atoms with van der Waals surface area (Å²) in [6, 6.07) is 9.07. The number of amides is 2. The number of nitrogens with one attached hydrogen (secondary N) is 1. The molecular weight excluding hydrogens is 504 g/mol. The van der Waals surface area contributed by atoms with Crippen LogP contribution in [-0.2, 0) is 26.2 Å². The molecule has 0 aliphatic carbocycles. The Labute approximate surface area is 209 Å². The Kier molecular flexibility index (Phi) is 10.1. The van der Waals surface area contributed by atoms with Crippen molar-refractivity contribution in [3.05, 3.63) is 63.9 Å². The molecule has 0 aliphatic heterocycles. The van der Waals surface area contributed by atoms with Crippen LogP contribution >= 0.6 is 23.2 Å². The molecule has 2 aromatic rings. The van der Waals surface area contributed by atoms with Crippen molar-refractivity contribution in [1.29, 1.82) is 0 Å². The first kappa shape index (κ1) is 27.9. The van der Waals surface area contributed by atoms with E-state index in [0.717, 1.165) is 28.3 Å². The summed E-state index contributed by atoms with van der Waals surface area (Å²) in [5.74, 6) is -1.65.